The van der Waals surface area contributed by atoms with E-state index < -0.39 is 30.1 Å². The monoisotopic (exact) mass is 384 g/mol. The maximum atomic E-state index is 13.0. The largest absolute Gasteiger partial charge is 0.452 e. The van der Waals surface area contributed by atoms with Gasteiger partial charge in [-0.3, -0.25) is 19.3 Å². The molecule has 0 aromatic heterocycles. The van der Waals surface area contributed by atoms with Crippen molar-refractivity contribution in [1.29, 1.82) is 5.26 Å². The van der Waals surface area contributed by atoms with Crippen LogP contribution in [0.1, 0.15) is 29.6 Å². The molecule has 3 amide bonds. The summed E-state index contributed by atoms with van der Waals surface area (Å²) in [7, 11) is 2.95. The van der Waals surface area contributed by atoms with Crippen LogP contribution in [-0.2, 0) is 19.1 Å². The highest BCUT2D eigenvalue weighted by Gasteiger charge is 2.60. The topological polar surface area (TPSA) is 111 Å². The number of ether oxygens (including phenoxy) is 1. The molecule has 9 nitrogen and oxygen atoms in total. The van der Waals surface area contributed by atoms with Crippen LogP contribution in [0.2, 0.25) is 0 Å². The van der Waals surface area contributed by atoms with Crippen molar-refractivity contribution in [3.63, 3.8) is 0 Å². The van der Waals surface area contributed by atoms with Gasteiger partial charge in [0.25, 0.3) is 11.8 Å². The third-order valence-corrected chi connectivity index (χ3v) is 5.18. The molecule has 1 aromatic rings. The van der Waals surface area contributed by atoms with Crippen molar-refractivity contribution in [2.45, 2.75) is 24.9 Å². The summed E-state index contributed by atoms with van der Waals surface area (Å²) in [4.78, 5) is 54.3. The Morgan fingerprint density at radius 3 is 2.75 bits per heavy atom. The van der Waals surface area contributed by atoms with Crippen LogP contribution in [0.15, 0.2) is 24.3 Å². The van der Waals surface area contributed by atoms with Gasteiger partial charge in [0.15, 0.2) is 6.61 Å². The van der Waals surface area contributed by atoms with Crippen molar-refractivity contribution >= 4 is 29.4 Å². The molecule has 1 aromatic carbocycles. The Morgan fingerprint density at radius 1 is 1.32 bits per heavy atom. The van der Waals surface area contributed by atoms with E-state index in [1.165, 1.54) is 28.8 Å². The molecule has 1 fully saturated rings. The second-order valence-electron chi connectivity index (χ2n) is 6.73. The zero-order valence-corrected chi connectivity index (χ0v) is 15.7. The van der Waals surface area contributed by atoms with Gasteiger partial charge in [-0.1, -0.05) is 12.1 Å². The Bertz CT molecular complexity index is 893. The SMILES string of the molecule is CN(CCC#N)C(=O)COC(=O)[C@@]12CCC(=O)N1c1ccccc1C(=O)N2C. The van der Waals surface area contributed by atoms with Gasteiger partial charge >= 0.3 is 5.97 Å². The molecule has 0 saturated carbocycles. The van der Waals surface area contributed by atoms with Crippen molar-refractivity contribution < 1.29 is 23.9 Å². The molecule has 0 aliphatic carbocycles. The van der Waals surface area contributed by atoms with Gasteiger partial charge in [0.05, 0.1) is 23.7 Å². The predicted octanol–water partition coefficient (Wildman–Crippen LogP) is 0.511. The van der Waals surface area contributed by atoms with Gasteiger partial charge in [0.2, 0.25) is 11.6 Å². The van der Waals surface area contributed by atoms with Gasteiger partial charge < -0.3 is 14.5 Å². The molecule has 0 N–H and O–H groups in total. The van der Waals surface area contributed by atoms with Crippen LogP contribution in [0.25, 0.3) is 0 Å². The number of nitriles is 1. The zero-order valence-electron chi connectivity index (χ0n) is 15.7. The summed E-state index contributed by atoms with van der Waals surface area (Å²) in [5.74, 6) is -1.98. The fraction of sp³-hybridized carbons (Fsp3) is 0.421. The van der Waals surface area contributed by atoms with Crippen LogP contribution >= 0.6 is 0 Å². The van der Waals surface area contributed by atoms with E-state index in [2.05, 4.69) is 0 Å². The summed E-state index contributed by atoms with van der Waals surface area (Å²) in [6.07, 6.45) is 0.327. The number of esters is 1. The molecule has 9 heteroatoms. The number of fused-ring (bicyclic) bond motifs is 3. The van der Waals surface area contributed by atoms with Gasteiger partial charge in [0.1, 0.15) is 0 Å². The fourth-order valence-electron chi connectivity index (χ4n) is 3.59. The van der Waals surface area contributed by atoms with Gasteiger partial charge in [-0.05, 0) is 12.1 Å². The highest BCUT2D eigenvalue weighted by molar-refractivity contribution is 6.15. The molecule has 0 spiro atoms. The number of rotatable bonds is 5. The summed E-state index contributed by atoms with van der Waals surface area (Å²) in [6, 6.07) is 8.53. The third kappa shape index (κ3) is 2.87. The normalized spacial score (nSPS) is 20.3. The minimum atomic E-state index is -1.60. The fourth-order valence-corrected chi connectivity index (χ4v) is 3.59. The number of hydrogen-bond donors (Lipinski definition) is 0. The second kappa shape index (κ2) is 7.31. The predicted molar refractivity (Wildman–Crippen MR) is 96.8 cm³/mol. The lowest BCUT2D eigenvalue weighted by Crippen LogP contribution is -2.67. The van der Waals surface area contributed by atoms with E-state index in [-0.39, 0.29) is 31.7 Å². The maximum Gasteiger partial charge on any atom is 0.354 e. The molecule has 2 heterocycles. The van der Waals surface area contributed by atoms with Gasteiger partial charge in [0, 0.05) is 33.5 Å². The molecule has 146 valence electrons. The molecule has 3 rings (SSSR count). The third-order valence-electron chi connectivity index (χ3n) is 5.18. The van der Waals surface area contributed by atoms with Crippen LogP contribution in [0.4, 0.5) is 5.69 Å². The first-order valence-electron chi connectivity index (χ1n) is 8.83. The number of hydrogen-bond acceptors (Lipinski definition) is 6. The first kappa shape index (κ1) is 19.4. The minimum Gasteiger partial charge on any atom is -0.452 e. The van der Waals surface area contributed by atoms with Crippen LogP contribution in [-0.4, -0.2) is 66.4 Å². The van der Waals surface area contributed by atoms with Crippen LogP contribution in [0, 0.1) is 11.3 Å². The Hall–Kier alpha value is -3.41. The van der Waals surface area contributed by atoms with Crippen molar-refractivity contribution in [1.82, 2.24) is 9.80 Å². The number of likely N-dealkylation sites (N-methyl/N-ethyl adjacent to an activating group) is 2. The number of amides is 3. The lowest BCUT2D eigenvalue weighted by molar-refractivity contribution is -0.161. The first-order valence-corrected chi connectivity index (χ1v) is 8.83. The molecule has 28 heavy (non-hydrogen) atoms. The van der Waals surface area contributed by atoms with E-state index in [0.717, 1.165) is 0 Å². The average Bonchev–Trinajstić information content (AvgIpc) is 3.06. The van der Waals surface area contributed by atoms with Crippen molar-refractivity contribution in [2.24, 2.45) is 0 Å². The Balaban J connectivity index is 1.86. The molecule has 0 radical (unpaired) electrons. The Kier molecular flexibility index (Phi) is 5.05. The van der Waals surface area contributed by atoms with E-state index in [9.17, 15) is 19.2 Å². The van der Waals surface area contributed by atoms with Gasteiger partial charge in [-0.2, -0.15) is 5.26 Å². The molecule has 0 bridgehead atoms. The number of nitrogens with zero attached hydrogens (tertiary/aromatic N) is 4. The molecule has 1 atom stereocenters. The molecule has 0 unspecified atom stereocenters. The summed E-state index contributed by atoms with van der Waals surface area (Å²) < 4.78 is 5.23. The average molecular weight is 384 g/mol. The van der Waals surface area contributed by atoms with E-state index in [0.29, 0.717) is 11.3 Å². The number of anilines is 1. The minimum absolute atomic E-state index is 0.0804. The lowest BCUT2D eigenvalue weighted by atomic mass is 9.97. The molecule has 2 aliphatic heterocycles. The van der Waals surface area contributed by atoms with Crippen LogP contribution < -0.4 is 4.90 Å². The zero-order chi connectivity index (χ0) is 20.5. The van der Waals surface area contributed by atoms with Crippen molar-refractivity contribution in [2.75, 3.05) is 32.1 Å². The quantitative estimate of drug-likeness (QED) is 0.684. The standard InChI is InChI=1S/C19H20N4O5/c1-21(11-5-10-20)16(25)12-28-18(27)19-9-8-15(24)23(19)14-7-4-3-6-13(14)17(26)22(19)2/h3-4,6-7H,5,8-9,11-12H2,1-2H3/t19-/m1/s1. The number of carbonyl (C=O) groups excluding carboxylic acids is 4. The van der Waals surface area contributed by atoms with E-state index in [4.69, 9.17) is 10.00 Å². The second-order valence-corrected chi connectivity index (χ2v) is 6.73. The smallest absolute Gasteiger partial charge is 0.354 e. The van der Waals surface area contributed by atoms with E-state index in [1.807, 2.05) is 6.07 Å². The summed E-state index contributed by atoms with van der Waals surface area (Å²) in [5, 5.41) is 8.60. The Morgan fingerprint density at radius 2 is 2.04 bits per heavy atom. The number of carbonyl (C=O) groups is 4. The molecule has 2 aliphatic rings. The highest BCUT2D eigenvalue weighted by Crippen LogP contribution is 2.44. The Labute approximate surface area is 162 Å². The number of para-hydroxylation sites is 1. The summed E-state index contributed by atoms with van der Waals surface area (Å²) >= 11 is 0. The van der Waals surface area contributed by atoms with Crippen molar-refractivity contribution in [3.05, 3.63) is 29.8 Å². The van der Waals surface area contributed by atoms with E-state index in [1.54, 1.807) is 24.3 Å². The van der Waals surface area contributed by atoms with Crippen molar-refractivity contribution in [3.8, 4) is 6.07 Å². The maximum absolute atomic E-state index is 13.0. The summed E-state index contributed by atoms with van der Waals surface area (Å²) in [6.45, 7) is -0.317. The summed E-state index contributed by atoms with van der Waals surface area (Å²) in [5.41, 5.74) is -0.910. The molecule has 1 saturated heterocycles. The molecular weight excluding hydrogens is 364 g/mol. The first-order chi connectivity index (χ1) is 13.3. The molecular formula is C19H20N4O5. The van der Waals surface area contributed by atoms with E-state index >= 15 is 0 Å². The number of benzene rings is 1. The van der Waals surface area contributed by atoms with Crippen LogP contribution in [0.3, 0.4) is 0 Å². The lowest BCUT2D eigenvalue weighted by Gasteiger charge is -2.46. The highest BCUT2D eigenvalue weighted by atomic mass is 16.5. The van der Waals surface area contributed by atoms with Crippen LogP contribution in [0.5, 0.6) is 0 Å². The van der Waals surface area contributed by atoms with Gasteiger partial charge in [-0.15, -0.1) is 0 Å². The van der Waals surface area contributed by atoms with Gasteiger partial charge in [-0.25, -0.2) is 4.79 Å².